The zero-order valence-electron chi connectivity index (χ0n) is 18.0. The van der Waals surface area contributed by atoms with Crippen molar-refractivity contribution in [2.45, 2.75) is 69.1 Å². The third kappa shape index (κ3) is 8.63. The Labute approximate surface area is 192 Å². The van der Waals surface area contributed by atoms with E-state index in [1.807, 2.05) is 0 Å². The molecular formula is C19H34N6O6S. The van der Waals surface area contributed by atoms with Crippen molar-refractivity contribution >= 4 is 42.2 Å². The van der Waals surface area contributed by atoms with Crippen LogP contribution in [0.1, 0.15) is 44.9 Å². The Bertz CT molecular complexity index is 693. The fourth-order valence-corrected chi connectivity index (χ4v) is 3.59. The third-order valence-electron chi connectivity index (χ3n) is 5.23. The summed E-state index contributed by atoms with van der Waals surface area (Å²) < 4.78 is 0. The fraction of sp³-hybridized carbons (Fsp3) is 0.737. The number of hydrogen-bond donors (Lipinski definition) is 7. The lowest BCUT2D eigenvalue weighted by Crippen LogP contribution is -2.57. The topological polar surface area (TPSA) is 211 Å². The SMILES string of the molecule is NCCCCC(NC(=O)C(N)CS)C(=O)N1CCCC1C(=O)NC(CCC(N)=O)C(=O)O. The van der Waals surface area contributed by atoms with E-state index in [0.717, 1.165) is 0 Å². The van der Waals surface area contributed by atoms with E-state index in [9.17, 15) is 29.1 Å². The minimum atomic E-state index is -1.30. The quantitative estimate of drug-likeness (QED) is 0.107. The molecule has 0 aromatic rings. The number of nitrogens with zero attached hydrogens (tertiary/aromatic N) is 1. The van der Waals surface area contributed by atoms with Crippen LogP contribution in [-0.4, -0.2) is 82.6 Å². The number of carboxylic acids is 1. The second-order valence-corrected chi connectivity index (χ2v) is 8.09. The summed E-state index contributed by atoms with van der Waals surface area (Å²) in [6.07, 6.45) is 2.09. The average molecular weight is 475 g/mol. The molecule has 1 heterocycles. The first-order valence-electron chi connectivity index (χ1n) is 10.6. The molecule has 0 bridgehead atoms. The molecular weight excluding hydrogens is 440 g/mol. The molecule has 1 fully saturated rings. The molecule has 4 atom stereocenters. The first-order valence-corrected chi connectivity index (χ1v) is 11.2. The molecule has 0 saturated carbocycles. The number of unbranched alkanes of at least 4 members (excludes halogenated alkanes) is 1. The van der Waals surface area contributed by atoms with Crippen LogP contribution < -0.4 is 27.8 Å². The highest BCUT2D eigenvalue weighted by molar-refractivity contribution is 7.80. The predicted octanol–water partition coefficient (Wildman–Crippen LogP) is -2.32. The average Bonchev–Trinajstić information content (AvgIpc) is 3.24. The van der Waals surface area contributed by atoms with E-state index in [0.29, 0.717) is 38.6 Å². The number of primary amides is 1. The summed E-state index contributed by atoms with van der Waals surface area (Å²) in [5, 5.41) is 14.3. The molecule has 0 spiro atoms. The Morgan fingerprint density at radius 1 is 1.09 bits per heavy atom. The Morgan fingerprint density at radius 3 is 2.34 bits per heavy atom. The molecule has 4 unspecified atom stereocenters. The van der Waals surface area contributed by atoms with Crippen molar-refractivity contribution < 1.29 is 29.1 Å². The van der Waals surface area contributed by atoms with Crippen molar-refractivity contribution in [3.8, 4) is 0 Å². The lowest BCUT2D eigenvalue weighted by Gasteiger charge is -2.30. The maximum Gasteiger partial charge on any atom is 0.326 e. The second kappa shape index (κ2) is 13.9. The van der Waals surface area contributed by atoms with Gasteiger partial charge in [-0.15, -0.1) is 0 Å². The molecule has 182 valence electrons. The van der Waals surface area contributed by atoms with Crippen LogP contribution in [0.2, 0.25) is 0 Å². The van der Waals surface area contributed by atoms with E-state index in [1.165, 1.54) is 4.90 Å². The zero-order valence-corrected chi connectivity index (χ0v) is 18.9. The first-order chi connectivity index (χ1) is 15.1. The molecule has 12 nitrogen and oxygen atoms in total. The van der Waals surface area contributed by atoms with Gasteiger partial charge in [-0.05, 0) is 45.1 Å². The standard InChI is InChI=1S/C19H34N6O6S/c20-8-2-1-4-12(23-16(27)11(21)10-32)18(29)25-9-3-5-14(25)17(28)24-13(19(30)31)6-7-15(22)26/h11-14,32H,1-10,20-21H2,(H2,22,26)(H,23,27)(H,24,28)(H,30,31). The number of aliphatic carboxylic acids is 1. The van der Waals surface area contributed by atoms with Crippen LogP contribution >= 0.6 is 12.6 Å². The third-order valence-corrected chi connectivity index (χ3v) is 5.62. The van der Waals surface area contributed by atoms with E-state index in [2.05, 4.69) is 23.3 Å². The highest BCUT2D eigenvalue weighted by Gasteiger charge is 2.38. The fourth-order valence-electron chi connectivity index (χ4n) is 3.43. The Balaban J connectivity index is 2.91. The summed E-state index contributed by atoms with van der Waals surface area (Å²) >= 11 is 3.99. The zero-order chi connectivity index (χ0) is 24.3. The molecule has 0 aliphatic carbocycles. The number of rotatable bonds is 14. The number of amides is 4. The predicted molar refractivity (Wildman–Crippen MR) is 119 cm³/mol. The number of thiol groups is 1. The number of carbonyl (C=O) groups excluding carboxylic acids is 4. The summed E-state index contributed by atoms with van der Waals surface area (Å²) in [5.41, 5.74) is 16.3. The molecule has 1 saturated heterocycles. The first kappa shape index (κ1) is 27.7. The molecule has 0 aromatic heterocycles. The monoisotopic (exact) mass is 474 g/mol. The Morgan fingerprint density at radius 2 is 1.78 bits per heavy atom. The van der Waals surface area contributed by atoms with Gasteiger partial charge in [0.05, 0.1) is 6.04 Å². The van der Waals surface area contributed by atoms with E-state index in [4.69, 9.17) is 17.2 Å². The molecule has 1 aliphatic rings. The van der Waals surface area contributed by atoms with Crippen LogP contribution in [-0.2, 0) is 24.0 Å². The summed E-state index contributed by atoms with van der Waals surface area (Å²) in [5.74, 6) is -3.48. The number of nitrogens with one attached hydrogen (secondary N) is 2. The van der Waals surface area contributed by atoms with Gasteiger partial charge in [0.15, 0.2) is 0 Å². The summed E-state index contributed by atoms with van der Waals surface area (Å²) in [4.78, 5) is 61.9. The Hall–Kier alpha value is -2.38. The van der Waals surface area contributed by atoms with Crippen LogP contribution in [0.5, 0.6) is 0 Å². The van der Waals surface area contributed by atoms with Crippen molar-refractivity contribution in [2.24, 2.45) is 17.2 Å². The number of likely N-dealkylation sites (tertiary alicyclic amines) is 1. The molecule has 1 rings (SSSR count). The van der Waals surface area contributed by atoms with Crippen molar-refractivity contribution in [2.75, 3.05) is 18.8 Å². The molecule has 0 aromatic carbocycles. The highest BCUT2D eigenvalue weighted by Crippen LogP contribution is 2.20. The number of carbonyl (C=O) groups is 5. The molecule has 0 radical (unpaired) electrons. The molecule has 13 heteroatoms. The van der Waals surface area contributed by atoms with Gasteiger partial charge < -0.3 is 37.8 Å². The van der Waals surface area contributed by atoms with Gasteiger partial charge in [-0.3, -0.25) is 19.2 Å². The molecule has 9 N–H and O–H groups in total. The summed E-state index contributed by atoms with van der Waals surface area (Å²) in [6.45, 7) is 0.722. The van der Waals surface area contributed by atoms with Gasteiger partial charge in [-0.2, -0.15) is 12.6 Å². The molecule has 4 amide bonds. The minimum absolute atomic E-state index is 0.103. The molecule has 1 aliphatic heterocycles. The van der Waals surface area contributed by atoms with Crippen molar-refractivity contribution in [3.63, 3.8) is 0 Å². The minimum Gasteiger partial charge on any atom is -0.480 e. The Kier molecular flexibility index (Phi) is 12.0. The van der Waals surface area contributed by atoms with E-state index in [-0.39, 0.29) is 25.1 Å². The van der Waals surface area contributed by atoms with Gasteiger partial charge in [-0.25, -0.2) is 4.79 Å². The van der Waals surface area contributed by atoms with Crippen LogP contribution in [0.3, 0.4) is 0 Å². The van der Waals surface area contributed by atoms with Crippen LogP contribution in [0.4, 0.5) is 0 Å². The highest BCUT2D eigenvalue weighted by atomic mass is 32.1. The van der Waals surface area contributed by atoms with Crippen LogP contribution in [0.25, 0.3) is 0 Å². The summed E-state index contributed by atoms with van der Waals surface area (Å²) in [7, 11) is 0. The van der Waals surface area contributed by atoms with E-state index < -0.39 is 53.8 Å². The van der Waals surface area contributed by atoms with Gasteiger partial charge in [0.1, 0.15) is 18.1 Å². The maximum atomic E-state index is 13.2. The lowest BCUT2D eigenvalue weighted by molar-refractivity contribution is -0.145. The summed E-state index contributed by atoms with van der Waals surface area (Å²) in [6, 6.07) is -3.97. The second-order valence-electron chi connectivity index (χ2n) is 7.73. The van der Waals surface area contributed by atoms with Crippen LogP contribution in [0.15, 0.2) is 0 Å². The van der Waals surface area contributed by atoms with Gasteiger partial charge in [0, 0.05) is 18.7 Å². The number of carboxylic acid groups (broad SMARTS) is 1. The van der Waals surface area contributed by atoms with Crippen molar-refractivity contribution in [3.05, 3.63) is 0 Å². The van der Waals surface area contributed by atoms with Crippen LogP contribution in [0, 0.1) is 0 Å². The van der Waals surface area contributed by atoms with Gasteiger partial charge in [0.2, 0.25) is 23.6 Å². The largest absolute Gasteiger partial charge is 0.480 e. The molecule has 32 heavy (non-hydrogen) atoms. The van der Waals surface area contributed by atoms with Crippen molar-refractivity contribution in [1.82, 2.24) is 15.5 Å². The van der Waals surface area contributed by atoms with E-state index >= 15 is 0 Å². The van der Waals surface area contributed by atoms with Gasteiger partial charge >= 0.3 is 5.97 Å². The smallest absolute Gasteiger partial charge is 0.326 e. The van der Waals surface area contributed by atoms with Gasteiger partial charge in [-0.1, -0.05) is 0 Å². The van der Waals surface area contributed by atoms with Gasteiger partial charge in [0.25, 0.3) is 0 Å². The van der Waals surface area contributed by atoms with Crippen molar-refractivity contribution in [1.29, 1.82) is 0 Å². The van der Waals surface area contributed by atoms with E-state index in [1.54, 1.807) is 0 Å². The lowest BCUT2D eigenvalue weighted by atomic mass is 10.1. The number of nitrogens with two attached hydrogens (primary N) is 3. The normalized spacial score (nSPS) is 18.5. The maximum absolute atomic E-state index is 13.2. The number of hydrogen-bond acceptors (Lipinski definition) is 8.